The van der Waals surface area contributed by atoms with Gasteiger partial charge in [0.25, 0.3) is 5.91 Å². The second-order valence-electron chi connectivity index (χ2n) is 8.73. The van der Waals surface area contributed by atoms with Crippen LogP contribution in [0, 0.1) is 0 Å². The lowest BCUT2D eigenvalue weighted by Gasteiger charge is -2.33. The summed E-state index contributed by atoms with van der Waals surface area (Å²) in [7, 11) is 0. The Morgan fingerprint density at radius 2 is 1.82 bits per heavy atom. The minimum Gasteiger partial charge on any atom is -0.351 e. The van der Waals surface area contributed by atoms with Crippen molar-refractivity contribution in [3.8, 4) is 0 Å². The van der Waals surface area contributed by atoms with Gasteiger partial charge in [0.2, 0.25) is 0 Å². The number of likely N-dealkylation sites (N-methyl/N-ethyl adjacent to an activating group) is 1. The van der Waals surface area contributed by atoms with Gasteiger partial charge in [-0.15, -0.1) is 0 Å². The van der Waals surface area contributed by atoms with Gasteiger partial charge in [0.15, 0.2) is 0 Å². The first-order valence-electron chi connectivity index (χ1n) is 10.5. The molecular weight excluding hydrogens is 348 g/mol. The van der Waals surface area contributed by atoms with E-state index >= 15 is 0 Å². The summed E-state index contributed by atoms with van der Waals surface area (Å²) in [4.78, 5) is 22.1. The highest BCUT2D eigenvalue weighted by Gasteiger charge is 2.18. The molecule has 0 unspecified atom stereocenters. The summed E-state index contributed by atoms with van der Waals surface area (Å²) < 4.78 is 0. The maximum Gasteiger partial charge on any atom is 0.270 e. The highest BCUT2D eigenvalue weighted by atomic mass is 16.1. The molecule has 0 spiro atoms. The number of nitrogens with one attached hydrogen (secondary N) is 1. The van der Waals surface area contributed by atoms with Gasteiger partial charge in [0.05, 0.1) is 0 Å². The number of rotatable bonds is 6. The fourth-order valence-corrected chi connectivity index (χ4v) is 3.73. The smallest absolute Gasteiger partial charge is 0.270 e. The molecule has 0 radical (unpaired) electrons. The van der Waals surface area contributed by atoms with E-state index in [1.807, 2.05) is 6.07 Å². The van der Waals surface area contributed by atoms with E-state index in [0.29, 0.717) is 12.2 Å². The average molecular weight is 383 g/mol. The predicted molar refractivity (Wildman–Crippen MR) is 116 cm³/mol. The average Bonchev–Trinajstić information content (AvgIpc) is 2.70. The van der Waals surface area contributed by atoms with E-state index in [9.17, 15) is 4.79 Å². The third-order valence-electron chi connectivity index (χ3n) is 5.70. The number of fused-ring (bicyclic) bond motifs is 1. The standard InChI is InChI=1S/C23H34N4O/c1-5-26-13-15-27(16-14-26)12-6-10-25-22(28)21-20-17-19(23(2,3)4)8-7-18(20)9-11-24-21/h7-9,11,17H,5-6,10,12-16H2,1-4H3,(H,25,28). The van der Waals surface area contributed by atoms with Crippen LogP contribution in [-0.2, 0) is 5.41 Å². The van der Waals surface area contributed by atoms with Crippen molar-refractivity contribution >= 4 is 16.7 Å². The molecule has 0 saturated carbocycles. The molecule has 1 aromatic carbocycles. The van der Waals surface area contributed by atoms with Gasteiger partial charge < -0.3 is 15.1 Å². The Labute approximate surface area is 169 Å². The van der Waals surface area contributed by atoms with Crippen LogP contribution in [0.2, 0.25) is 0 Å². The normalized spacial score (nSPS) is 16.4. The highest BCUT2D eigenvalue weighted by molar-refractivity contribution is 6.05. The first kappa shape index (κ1) is 20.7. The van der Waals surface area contributed by atoms with E-state index in [4.69, 9.17) is 0 Å². The number of carbonyl (C=O) groups is 1. The van der Waals surface area contributed by atoms with Crippen molar-refractivity contribution in [2.45, 2.75) is 39.5 Å². The Morgan fingerprint density at radius 3 is 2.50 bits per heavy atom. The van der Waals surface area contributed by atoms with E-state index in [0.717, 1.165) is 56.5 Å². The molecule has 5 heteroatoms. The molecule has 2 heterocycles. The third kappa shape index (κ3) is 5.09. The van der Waals surface area contributed by atoms with Gasteiger partial charge in [-0.25, -0.2) is 0 Å². The van der Waals surface area contributed by atoms with Crippen LogP contribution in [0.15, 0.2) is 30.5 Å². The minimum atomic E-state index is -0.0764. The van der Waals surface area contributed by atoms with Crippen molar-refractivity contribution in [1.29, 1.82) is 0 Å². The number of nitrogens with zero attached hydrogens (tertiary/aromatic N) is 3. The van der Waals surface area contributed by atoms with Crippen LogP contribution in [-0.4, -0.2) is 66.5 Å². The summed E-state index contributed by atoms with van der Waals surface area (Å²) in [6.45, 7) is 16.2. The molecule has 0 bridgehead atoms. The zero-order valence-electron chi connectivity index (χ0n) is 17.8. The monoisotopic (exact) mass is 382 g/mol. The Kier molecular flexibility index (Phi) is 6.68. The van der Waals surface area contributed by atoms with Gasteiger partial charge >= 0.3 is 0 Å². The van der Waals surface area contributed by atoms with E-state index in [-0.39, 0.29) is 11.3 Å². The lowest BCUT2D eigenvalue weighted by molar-refractivity contribution is 0.0945. The topological polar surface area (TPSA) is 48.5 Å². The molecule has 28 heavy (non-hydrogen) atoms. The molecule has 0 aliphatic carbocycles. The zero-order chi connectivity index (χ0) is 20.1. The van der Waals surface area contributed by atoms with Gasteiger partial charge in [0.1, 0.15) is 5.69 Å². The second kappa shape index (κ2) is 9.01. The van der Waals surface area contributed by atoms with Gasteiger partial charge in [-0.05, 0) is 48.0 Å². The number of hydrogen-bond donors (Lipinski definition) is 1. The van der Waals surface area contributed by atoms with Crippen LogP contribution in [0.4, 0.5) is 0 Å². The van der Waals surface area contributed by atoms with Crippen LogP contribution in [0.5, 0.6) is 0 Å². The molecule has 152 valence electrons. The Morgan fingerprint density at radius 1 is 1.11 bits per heavy atom. The number of pyridine rings is 1. The van der Waals surface area contributed by atoms with Crippen molar-refractivity contribution in [2.24, 2.45) is 0 Å². The molecule has 3 rings (SSSR count). The highest BCUT2D eigenvalue weighted by Crippen LogP contribution is 2.27. The Bertz CT molecular complexity index is 804. The van der Waals surface area contributed by atoms with E-state index in [1.165, 1.54) is 5.56 Å². The van der Waals surface area contributed by atoms with Crippen molar-refractivity contribution in [2.75, 3.05) is 45.8 Å². The maximum atomic E-state index is 12.8. The summed E-state index contributed by atoms with van der Waals surface area (Å²) in [5.41, 5.74) is 1.79. The molecule has 1 aliphatic rings. The van der Waals surface area contributed by atoms with Crippen LogP contribution in [0.25, 0.3) is 10.8 Å². The van der Waals surface area contributed by atoms with Crippen LogP contribution < -0.4 is 5.32 Å². The number of hydrogen-bond acceptors (Lipinski definition) is 4. The lowest BCUT2D eigenvalue weighted by Crippen LogP contribution is -2.46. The molecule has 2 aromatic rings. The number of aromatic nitrogens is 1. The van der Waals surface area contributed by atoms with E-state index in [2.05, 4.69) is 66.0 Å². The fraction of sp³-hybridized carbons (Fsp3) is 0.565. The number of amides is 1. The van der Waals surface area contributed by atoms with E-state index < -0.39 is 0 Å². The first-order chi connectivity index (χ1) is 13.4. The van der Waals surface area contributed by atoms with Crippen molar-refractivity contribution in [1.82, 2.24) is 20.1 Å². The number of carbonyl (C=O) groups excluding carboxylic acids is 1. The van der Waals surface area contributed by atoms with Gasteiger partial charge in [-0.3, -0.25) is 9.78 Å². The van der Waals surface area contributed by atoms with Crippen molar-refractivity contribution in [3.63, 3.8) is 0 Å². The van der Waals surface area contributed by atoms with Gasteiger partial charge in [-0.2, -0.15) is 0 Å². The summed E-state index contributed by atoms with van der Waals surface area (Å²) in [5, 5.41) is 5.06. The predicted octanol–water partition coefficient (Wildman–Crippen LogP) is 3.29. The number of benzene rings is 1. The largest absolute Gasteiger partial charge is 0.351 e. The summed E-state index contributed by atoms with van der Waals surface area (Å²) in [5.74, 6) is -0.0764. The number of piperazine rings is 1. The molecule has 1 saturated heterocycles. The summed E-state index contributed by atoms with van der Waals surface area (Å²) >= 11 is 0. The SMILES string of the molecule is CCN1CCN(CCCNC(=O)c2nccc3ccc(C(C)(C)C)cc23)CC1. The summed E-state index contributed by atoms with van der Waals surface area (Å²) in [6, 6.07) is 8.31. The van der Waals surface area contributed by atoms with Crippen LogP contribution in [0.1, 0.15) is 50.2 Å². The zero-order valence-corrected chi connectivity index (χ0v) is 17.8. The molecular formula is C23H34N4O. The van der Waals surface area contributed by atoms with Crippen LogP contribution in [0.3, 0.4) is 0 Å². The molecule has 1 aliphatic heterocycles. The second-order valence-corrected chi connectivity index (χ2v) is 8.73. The quantitative estimate of drug-likeness (QED) is 0.779. The fourth-order valence-electron chi connectivity index (χ4n) is 3.73. The maximum absolute atomic E-state index is 12.8. The van der Waals surface area contributed by atoms with Crippen molar-refractivity contribution in [3.05, 3.63) is 41.7 Å². The Hall–Kier alpha value is -1.98. The molecule has 1 aromatic heterocycles. The van der Waals surface area contributed by atoms with Gasteiger partial charge in [0, 0.05) is 44.3 Å². The van der Waals surface area contributed by atoms with Crippen molar-refractivity contribution < 1.29 is 4.79 Å². The van der Waals surface area contributed by atoms with Crippen LogP contribution >= 0.6 is 0 Å². The molecule has 0 atom stereocenters. The Balaban J connectivity index is 1.58. The molecule has 1 fully saturated rings. The third-order valence-corrected chi connectivity index (χ3v) is 5.70. The molecule has 1 N–H and O–H groups in total. The molecule has 1 amide bonds. The minimum absolute atomic E-state index is 0.0412. The van der Waals surface area contributed by atoms with Gasteiger partial charge in [-0.1, -0.05) is 39.8 Å². The first-order valence-corrected chi connectivity index (χ1v) is 10.5. The summed E-state index contributed by atoms with van der Waals surface area (Å²) in [6.07, 6.45) is 2.69. The molecule has 5 nitrogen and oxygen atoms in total. The van der Waals surface area contributed by atoms with E-state index in [1.54, 1.807) is 6.20 Å². The lowest BCUT2D eigenvalue weighted by atomic mass is 9.86.